The minimum absolute atomic E-state index is 0.0288. The Bertz CT molecular complexity index is 372. The summed E-state index contributed by atoms with van der Waals surface area (Å²) in [6.45, 7) is 5.98. The molecule has 5 heteroatoms. The van der Waals surface area contributed by atoms with Crippen LogP contribution in [-0.2, 0) is 0 Å². The molecule has 0 radical (unpaired) electrons. The highest BCUT2D eigenvalue weighted by Gasteiger charge is 2.10. The first-order chi connectivity index (χ1) is 6.91. The highest BCUT2D eigenvalue weighted by molar-refractivity contribution is 5.93. The molecular weight excluding hydrogens is 190 g/mol. The summed E-state index contributed by atoms with van der Waals surface area (Å²) in [6, 6.07) is 2.02. The highest BCUT2D eigenvalue weighted by atomic mass is 15.2. The fourth-order valence-corrected chi connectivity index (χ4v) is 1.08. The average molecular weight is 207 g/mol. The third kappa shape index (κ3) is 2.65. The summed E-state index contributed by atoms with van der Waals surface area (Å²) < 4.78 is 0. The summed E-state index contributed by atoms with van der Waals surface area (Å²) in [5, 5.41) is 7.35. The van der Waals surface area contributed by atoms with Gasteiger partial charge in [0.15, 0.2) is 0 Å². The molecule has 1 aromatic heterocycles. The number of aryl methyl sites for hydroxylation is 1. The number of hydrogen-bond acceptors (Lipinski definition) is 4. The number of nitrogen functional groups attached to an aromatic ring is 1. The normalized spacial score (nSPS) is 10.5. The summed E-state index contributed by atoms with van der Waals surface area (Å²) >= 11 is 0. The van der Waals surface area contributed by atoms with Gasteiger partial charge in [0.05, 0.1) is 0 Å². The van der Waals surface area contributed by atoms with Crippen molar-refractivity contribution in [3.05, 3.63) is 17.5 Å². The van der Waals surface area contributed by atoms with Crippen molar-refractivity contribution in [1.82, 2.24) is 9.97 Å². The van der Waals surface area contributed by atoms with Crippen LogP contribution in [-0.4, -0.2) is 28.9 Å². The smallest absolute Gasteiger partial charge is 0.226 e. The summed E-state index contributed by atoms with van der Waals surface area (Å²) in [6.07, 6.45) is 0. The van der Waals surface area contributed by atoms with Gasteiger partial charge in [-0.15, -0.1) is 0 Å². The molecule has 0 aliphatic carbocycles. The number of anilines is 1. The van der Waals surface area contributed by atoms with Crippen LogP contribution in [0.3, 0.4) is 0 Å². The molecule has 3 N–H and O–H groups in total. The van der Waals surface area contributed by atoms with Gasteiger partial charge in [-0.3, -0.25) is 5.41 Å². The maximum Gasteiger partial charge on any atom is 0.226 e. The van der Waals surface area contributed by atoms with E-state index < -0.39 is 0 Å². The van der Waals surface area contributed by atoms with Gasteiger partial charge >= 0.3 is 0 Å². The Hall–Kier alpha value is -1.65. The maximum absolute atomic E-state index is 7.35. The van der Waals surface area contributed by atoms with E-state index in [-0.39, 0.29) is 5.84 Å². The molecule has 0 amide bonds. The number of nitrogens with one attached hydrogen (secondary N) is 1. The van der Waals surface area contributed by atoms with Crippen molar-refractivity contribution in [3.63, 3.8) is 0 Å². The molecule has 0 saturated heterocycles. The lowest BCUT2D eigenvalue weighted by atomic mass is 10.3. The van der Waals surface area contributed by atoms with Gasteiger partial charge in [-0.2, -0.15) is 0 Å². The largest absolute Gasteiger partial charge is 0.382 e. The fraction of sp³-hybridized carbons (Fsp3) is 0.500. The highest BCUT2D eigenvalue weighted by Crippen LogP contribution is 2.10. The van der Waals surface area contributed by atoms with Crippen molar-refractivity contribution in [2.75, 3.05) is 11.9 Å². The monoisotopic (exact) mass is 207 g/mol. The lowest BCUT2D eigenvalue weighted by molar-refractivity contribution is 0.726. The molecule has 0 aliphatic heterocycles. The zero-order valence-electron chi connectivity index (χ0n) is 9.57. The van der Waals surface area contributed by atoms with E-state index in [9.17, 15) is 0 Å². The van der Waals surface area contributed by atoms with Crippen LogP contribution < -0.4 is 10.6 Å². The first-order valence-corrected chi connectivity index (χ1v) is 4.84. The Morgan fingerprint density at radius 1 is 1.47 bits per heavy atom. The van der Waals surface area contributed by atoms with Crippen LogP contribution in [0.2, 0.25) is 0 Å². The van der Waals surface area contributed by atoms with Crippen LogP contribution in [0.25, 0.3) is 0 Å². The quantitative estimate of drug-likeness (QED) is 0.570. The lowest BCUT2D eigenvalue weighted by Gasteiger charge is -2.21. The lowest BCUT2D eigenvalue weighted by Crippen LogP contribution is -2.28. The van der Waals surface area contributed by atoms with Crippen LogP contribution in [0.1, 0.15) is 25.2 Å². The Morgan fingerprint density at radius 3 is 2.53 bits per heavy atom. The van der Waals surface area contributed by atoms with E-state index >= 15 is 0 Å². The predicted molar refractivity (Wildman–Crippen MR) is 61.3 cm³/mol. The van der Waals surface area contributed by atoms with Gasteiger partial charge in [0.2, 0.25) is 5.95 Å². The molecule has 0 fully saturated rings. The zero-order valence-corrected chi connectivity index (χ0v) is 9.57. The standard InChI is InChI=1S/C10H17N5/c1-6(2)15(4)10-13-7(3)5-8(14-10)9(11)12/h5-6H,1-4H3,(H3,11,12). The van der Waals surface area contributed by atoms with Gasteiger partial charge in [0, 0.05) is 18.8 Å². The number of aromatic nitrogens is 2. The third-order valence-electron chi connectivity index (χ3n) is 2.21. The van der Waals surface area contributed by atoms with E-state index in [1.807, 2.05) is 18.9 Å². The number of rotatable bonds is 3. The molecule has 82 valence electrons. The summed E-state index contributed by atoms with van der Waals surface area (Å²) in [5.74, 6) is 0.578. The predicted octanol–water partition coefficient (Wildman–Crippen LogP) is 0.914. The number of amidine groups is 1. The van der Waals surface area contributed by atoms with Crippen molar-refractivity contribution >= 4 is 11.8 Å². The second-order valence-electron chi connectivity index (χ2n) is 3.81. The van der Waals surface area contributed by atoms with Gasteiger partial charge in [0.25, 0.3) is 0 Å². The van der Waals surface area contributed by atoms with E-state index in [0.717, 1.165) is 5.69 Å². The Labute approximate surface area is 89.8 Å². The molecular formula is C10H17N5. The fourth-order valence-electron chi connectivity index (χ4n) is 1.08. The molecule has 0 spiro atoms. The second kappa shape index (κ2) is 4.25. The topological polar surface area (TPSA) is 78.9 Å². The van der Waals surface area contributed by atoms with Gasteiger partial charge in [-0.25, -0.2) is 9.97 Å². The van der Waals surface area contributed by atoms with Crippen LogP contribution in [0, 0.1) is 12.3 Å². The third-order valence-corrected chi connectivity index (χ3v) is 2.21. The molecule has 5 nitrogen and oxygen atoms in total. The molecule has 0 aromatic carbocycles. The molecule has 0 aliphatic rings. The Balaban J connectivity index is 3.14. The molecule has 1 heterocycles. The number of hydrogen-bond donors (Lipinski definition) is 2. The summed E-state index contributed by atoms with van der Waals surface area (Å²) in [5.41, 5.74) is 6.70. The molecule has 0 atom stereocenters. The number of nitrogens with zero attached hydrogens (tertiary/aromatic N) is 3. The van der Waals surface area contributed by atoms with Crippen molar-refractivity contribution in [2.45, 2.75) is 26.8 Å². The van der Waals surface area contributed by atoms with Gasteiger partial charge in [0.1, 0.15) is 11.5 Å². The Kier molecular flexibility index (Phi) is 3.24. The molecule has 1 aromatic rings. The molecule has 1 rings (SSSR count). The van der Waals surface area contributed by atoms with Crippen LogP contribution in [0.15, 0.2) is 6.07 Å². The molecule has 0 bridgehead atoms. The molecule has 15 heavy (non-hydrogen) atoms. The molecule has 0 saturated carbocycles. The SMILES string of the molecule is Cc1cc(C(=N)N)nc(N(C)C(C)C)n1. The maximum atomic E-state index is 7.35. The number of nitrogens with two attached hydrogens (primary N) is 1. The first kappa shape index (κ1) is 11.4. The van der Waals surface area contributed by atoms with E-state index in [1.54, 1.807) is 6.07 Å². The van der Waals surface area contributed by atoms with Crippen molar-refractivity contribution in [1.29, 1.82) is 5.41 Å². The van der Waals surface area contributed by atoms with Crippen molar-refractivity contribution in [2.24, 2.45) is 5.73 Å². The summed E-state index contributed by atoms with van der Waals surface area (Å²) in [4.78, 5) is 10.5. The zero-order chi connectivity index (χ0) is 11.6. The van der Waals surface area contributed by atoms with Crippen LogP contribution in [0.4, 0.5) is 5.95 Å². The van der Waals surface area contributed by atoms with E-state index in [1.165, 1.54) is 0 Å². The van der Waals surface area contributed by atoms with Crippen molar-refractivity contribution < 1.29 is 0 Å². The van der Waals surface area contributed by atoms with E-state index in [4.69, 9.17) is 11.1 Å². The van der Waals surface area contributed by atoms with Crippen LogP contribution in [0.5, 0.6) is 0 Å². The van der Waals surface area contributed by atoms with Crippen LogP contribution >= 0.6 is 0 Å². The van der Waals surface area contributed by atoms with Gasteiger partial charge in [-0.1, -0.05) is 0 Å². The van der Waals surface area contributed by atoms with E-state index in [0.29, 0.717) is 17.7 Å². The summed E-state index contributed by atoms with van der Waals surface area (Å²) in [7, 11) is 1.92. The first-order valence-electron chi connectivity index (χ1n) is 4.84. The van der Waals surface area contributed by atoms with Gasteiger partial charge in [-0.05, 0) is 26.8 Å². The minimum Gasteiger partial charge on any atom is -0.382 e. The van der Waals surface area contributed by atoms with Crippen molar-refractivity contribution in [3.8, 4) is 0 Å². The Morgan fingerprint density at radius 2 is 2.07 bits per heavy atom. The van der Waals surface area contributed by atoms with E-state index in [2.05, 4.69) is 23.8 Å². The van der Waals surface area contributed by atoms with Gasteiger partial charge < -0.3 is 10.6 Å². The second-order valence-corrected chi connectivity index (χ2v) is 3.81. The average Bonchev–Trinajstić information content (AvgIpc) is 2.15. The molecule has 0 unspecified atom stereocenters. The minimum atomic E-state index is -0.0288.